The third-order valence-corrected chi connectivity index (χ3v) is 18.4. The van der Waals surface area contributed by atoms with Gasteiger partial charge in [-0.3, -0.25) is 4.57 Å². The first kappa shape index (κ1) is 40.7. The van der Waals surface area contributed by atoms with Crippen LogP contribution in [0.2, 0.25) is 42.3 Å². The van der Waals surface area contributed by atoms with Gasteiger partial charge < -0.3 is 33.4 Å². The Morgan fingerprint density at radius 2 is 1.65 bits per heavy atom. The predicted octanol–water partition coefficient (Wildman–Crippen LogP) is 9.11. The molecule has 0 bridgehead atoms. The highest BCUT2D eigenvalue weighted by atomic mass is 35.5. The van der Waals surface area contributed by atoms with E-state index in [1.807, 2.05) is 10.6 Å². The fraction of sp³-hybridized carbons (Fsp3) is 0.683. The van der Waals surface area contributed by atoms with Crippen molar-refractivity contribution in [2.24, 2.45) is 0 Å². The molecule has 7 rings (SSSR count). The Morgan fingerprint density at radius 3 is 2.33 bits per heavy atom. The molecule has 4 heterocycles. The van der Waals surface area contributed by atoms with Crippen LogP contribution in [-0.4, -0.2) is 94.1 Å². The fourth-order valence-corrected chi connectivity index (χ4v) is 10.1. The first-order valence-corrected chi connectivity index (χ1v) is 26.3. The van der Waals surface area contributed by atoms with Crippen LogP contribution < -0.4 is 10.1 Å². The normalized spacial score (nSPS) is 26.0. The van der Waals surface area contributed by atoms with Crippen LogP contribution >= 0.6 is 11.6 Å². The summed E-state index contributed by atoms with van der Waals surface area (Å²) in [5.74, 6) is 0.437. The average molecular weight is 813 g/mol. The second kappa shape index (κ2) is 17.1. The van der Waals surface area contributed by atoms with Crippen molar-refractivity contribution < 1.29 is 32.9 Å². The van der Waals surface area contributed by atoms with E-state index in [-0.39, 0.29) is 54.4 Å². The van der Waals surface area contributed by atoms with Crippen LogP contribution in [0.15, 0.2) is 30.3 Å². The number of hydrogen-bond donors (Lipinski definition) is 1. The number of alkyl carbamates (subject to hydrolysis) is 1. The summed E-state index contributed by atoms with van der Waals surface area (Å²) in [6.45, 7) is 17.6. The van der Waals surface area contributed by atoms with Crippen LogP contribution in [0.5, 0.6) is 6.01 Å². The van der Waals surface area contributed by atoms with Gasteiger partial charge in [-0.1, -0.05) is 56.6 Å². The van der Waals surface area contributed by atoms with Gasteiger partial charge in [-0.25, -0.2) is 9.78 Å². The molecule has 300 valence electrons. The van der Waals surface area contributed by atoms with Crippen molar-refractivity contribution in [3.8, 4) is 17.3 Å². The van der Waals surface area contributed by atoms with E-state index in [2.05, 4.69) is 76.5 Å². The van der Waals surface area contributed by atoms with Gasteiger partial charge in [0.25, 0.3) is 0 Å². The van der Waals surface area contributed by atoms with Gasteiger partial charge >= 0.3 is 20.9 Å². The molecule has 2 aromatic heterocycles. The SMILES string of the molecule is C[Si+](C)CCOCn1c(O[C@@H]2CO[C@H]3[C@@H]2OC[C@H]3O[Si](C)(C)C(C)(C)C)nc2cc(Cl)c(-c3ccc(C4CCC(NC(=O)OC5CCCC5)CC4)cc3)nc21. The molecule has 0 radical (unpaired) electrons. The zero-order chi connectivity index (χ0) is 38.9. The van der Waals surface area contributed by atoms with Gasteiger partial charge in [0.05, 0.1) is 55.8 Å². The number of nitrogens with one attached hydrogen (secondary N) is 1. The lowest BCUT2D eigenvalue weighted by Gasteiger charge is -2.39. The number of carbonyl (C=O) groups excluding carboxylic acids is 1. The Morgan fingerprint density at radius 1 is 0.982 bits per heavy atom. The number of nitrogens with zero attached hydrogens (tertiary/aromatic N) is 3. The van der Waals surface area contributed by atoms with Crippen LogP contribution in [0.4, 0.5) is 4.79 Å². The number of pyridine rings is 1. The molecule has 2 saturated heterocycles. The van der Waals surface area contributed by atoms with Crippen molar-refractivity contribution in [2.45, 2.75) is 159 Å². The third kappa shape index (κ3) is 9.45. The molecule has 11 nitrogen and oxygen atoms in total. The Bertz CT molecular complexity index is 1770. The fourth-order valence-electron chi connectivity index (χ4n) is 8.01. The number of carbonyl (C=O) groups is 1. The summed E-state index contributed by atoms with van der Waals surface area (Å²) in [6.07, 6.45) is 7.08. The molecule has 4 atom stereocenters. The molecule has 0 unspecified atom stereocenters. The second-order valence-electron chi connectivity index (χ2n) is 17.8. The first-order valence-electron chi connectivity index (χ1n) is 20.3. The molecule has 14 heteroatoms. The Hall–Kier alpha value is -2.53. The summed E-state index contributed by atoms with van der Waals surface area (Å²) in [7, 11) is -2.45. The van der Waals surface area contributed by atoms with Gasteiger partial charge in [0.2, 0.25) is 0 Å². The molecular weight excluding hydrogens is 752 g/mol. The number of halogens is 1. The van der Waals surface area contributed by atoms with E-state index in [0.29, 0.717) is 53.6 Å². The first-order chi connectivity index (χ1) is 26.3. The molecule has 4 aliphatic rings. The van der Waals surface area contributed by atoms with Crippen molar-refractivity contribution in [1.29, 1.82) is 0 Å². The molecular formula is C41H60ClN4O7Si2+. The molecule has 1 amide bonds. The van der Waals surface area contributed by atoms with E-state index in [9.17, 15) is 4.79 Å². The number of benzene rings is 1. The average Bonchev–Trinajstić information content (AvgIpc) is 3.93. The smallest absolute Gasteiger partial charge is 0.407 e. The minimum absolute atomic E-state index is 0.0851. The number of fused-ring (bicyclic) bond motifs is 2. The molecule has 3 aromatic rings. The lowest BCUT2D eigenvalue weighted by Crippen LogP contribution is -2.47. The van der Waals surface area contributed by atoms with E-state index in [1.54, 1.807) is 0 Å². The zero-order valence-electron chi connectivity index (χ0n) is 33.7. The quantitative estimate of drug-likeness (QED) is 0.133. The largest absolute Gasteiger partial charge is 0.456 e. The van der Waals surface area contributed by atoms with E-state index >= 15 is 0 Å². The minimum atomic E-state index is -2.02. The highest BCUT2D eigenvalue weighted by Gasteiger charge is 2.52. The van der Waals surface area contributed by atoms with Gasteiger partial charge in [0, 0.05) is 11.6 Å². The van der Waals surface area contributed by atoms with Crippen molar-refractivity contribution in [3.63, 3.8) is 0 Å². The number of rotatable bonds is 13. The highest BCUT2D eigenvalue weighted by Crippen LogP contribution is 2.41. The van der Waals surface area contributed by atoms with Gasteiger partial charge in [-0.15, -0.1) is 0 Å². The minimum Gasteiger partial charge on any atom is -0.456 e. The van der Waals surface area contributed by atoms with Crippen LogP contribution in [0.1, 0.15) is 83.6 Å². The van der Waals surface area contributed by atoms with Crippen molar-refractivity contribution in [2.75, 3.05) is 19.8 Å². The van der Waals surface area contributed by atoms with Crippen molar-refractivity contribution in [1.82, 2.24) is 19.9 Å². The van der Waals surface area contributed by atoms with Crippen molar-refractivity contribution >= 4 is 46.0 Å². The third-order valence-electron chi connectivity index (χ3n) is 12.4. The Balaban J connectivity index is 1.04. The van der Waals surface area contributed by atoms with E-state index in [0.717, 1.165) is 63.0 Å². The molecule has 2 aliphatic heterocycles. The lowest BCUT2D eigenvalue weighted by molar-refractivity contribution is 0.00688. The van der Waals surface area contributed by atoms with Crippen LogP contribution in [0, 0.1) is 0 Å². The molecule has 55 heavy (non-hydrogen) atoms. The Labute approximate surface area is 334 Å². The van der Waals surface area contributed by atoms with E-state index in [4.69, 9.17) is 49.7 Å². The molecule has 1 N–H and O–H groups in total. The molecule has 0 spiro atoms. The summed E-state index contributed by atoms with van der Waals surface area (Å²) >= 11 is 6.93. The number of imidazole rings is 1. The van der Waals surface area contributed by atoms with Gasteiger partial charge in [-0.2, -0.15) is 4.98 Å². The maximum atomic E-state index is 12.4. The topological polar surface area (TPSA) is 115 Å². The lowest BCUT2D eigenvalue weighted by atomic mass is 9.81. The summed E-state index contributed by atoms with van der Waals surface area (Å²) in [6, 6.07) is 12.1. The van der Waals surface area contributed by atoms with Gasteiger partial charge in [-0.05, 0) is 87.0 Å². The van der Waals surface area contributed by atoms with Gasteiger partial charge in [0.1, 0.15) is 30.6 Å². The number of ether oxygens (including phenoxy) is 5. The van der Waals surface area contributed by atoms with E-state index in [1.165, 1.54) is 5.56 Å². The summed E-state index contributed by atoms with van der Waals surface area (Å²) < 4.78 is 39.7. The highest BCUT2D eigenvalue weighted by molar-refractivity contribution is 6.74. The van der Waals surface area contributed by atoms with Crippen molar-refractivity contribution in [3.05, 3.63) is 40.9 Å². The summed E-state index contributed by atoms with van der Waals surface area (Å²) in [5.41, 5.74) is 4.19. The molecule has 4 fully saturated rings. The number of hydrogen-bond acceptors (Lipinski definition) is 9. The maximum absolute atomic E-state index is 12.4. The second-order valence-corrected chi connectivity index (χ2v) is 25.9. The molecule has 2 aliphatic carbocycles. The summed E-state index contributed by atoms with van der Waals surface area (Å²) in [5, 5.41) is 3.72. The number of amides is 1. The Kier molecular flexibility index (Phi) is 12.7. The standard InChI is InChI=1S/C41H59ClN4O7Si2/c1-41(2,3)55(6,7)53-34-24-50-36-33(23-49-37(34)36)52-39-44-32-22-31(42)35(45-38(32)46(39)25-48-20-21-54(4)5)28-14-12-26(13-15-28)27-16-18-29(19-17-27)43-40(47)51-30-10-8-9-11-30/h12-15,22,27,29-30,33-34,36-37H,8-11,16-21,23-25H2,1-7H3/p+1/t27?,29?,33-,34-,36-,37-/m1/s1. The maximum Gasteiger partial charge on any atom is 0.407 e. The van der Waals surface area contributed by atoms with E-state index < -0.39 is 17.1 Å². The van der Waals surface area contributed by atoms with Crippen LogP contribution in [-0.2, 0) is 30.1 Å². The van der Waals surface area contributed by atoms with Gasteiger partial charge in [0.15, 0.2) is 20.1 Å². The molecule has 1 aromatic carbocycles. The van der Waals surface area contributed by atoms with Crippen LogP contribution in [0.3, 0.4) is 0 Å². The summed E-state index contributed by atoms with van der Waals surface area (Å²) in [4.78, 5) is 22.4. The molecule has 2 saturated carbocycles. The monoisotopic (exact) mass is 811 g/mol. The zero-order valence-corrected chi connectivity index (χ0v) is 36.5. The van der Waals surface area contributed by atoms with Crippen LogP contribution in [0.25, 0.3) is 22.4 Å². The number of aromatic nitrogens is 3. The predicted molar refractivity (Wildman–Crippen MR) is 219 cm³/mol.